The molecule has 2 aromatic rings. The molecule has 80 valence electrons. The topological polar surface area (TPSA) is 52.9 Å². The Bertz CT molecular complexity index is 568. The van der Waals surface area contributed by atoms with Gasteiger partial charge in [-0.1, -0.05) is 0 Å². The van der Waals surface area contributed by atoms with Gasteiger partial charge in [0.05, 0.1) is 6.07 Å². The summed E-state index contributed by atoms with van der Waals surface area (Å²) in [6.45, 7) is 1.58. The minimum Gasteiger partial charge on any atom is -0.325 e. The van der Waals surface area contributed by atoms with Gasteiger partial charge in [0.25, 0.3) is 0 Å². The molecule has 3 nitrogen and oxygen atoms in total. The van der Waals surface area contributed by atoms with Crippen molar-refractivity contribution in [3.05, 3.63) is 29.6 Å². The number of fused-ring (bicyclic) bond motifs is 1. The Morgan fingerprint density at radius 1 is 1.50 bits per heavy atom. The molecule has 1 amide bonds. The minimum atomic E-state index is -0.627. The van der Waals surface area contributed by atoms with E-state index in [4.69, 9.17) is 5.26 Å². The molecule has 1 N–H and O–H groups in total. The first kappa shape index (κ1) is 10.7. The third-order valence-corrected chi connectivity index (χ3v) is 3.20. The molecule has 1 aromatic heterocycles. The third kappa shape index (κ3) is 2.05. The Kier molecular flexibility index (Phi) is 2.88. The second-order valence-corrected chi connectivity index (χ2v) is 4.46. The molecule has 0 fully saturated rings. The summed E-state index contributed by atoms with van der Waals surface area (Å²) in [5, 5.41) is 14.4. The molecule has 0 saturated heterocycles. The lowest BCUT2D eigenvalue weighted by molar-refractivity contribution is -0.117. The Balaban J connectivity index is 2.21. The molecule has 0 saturated carbocycles. The molecular weight excluding hydrogens is 220 g/mol. The summed E-state index contributed by atoms with van der Waals surface area (Å²) in [5.74, 6) is -0.893. The van der Waals surface area contributed by atoms with Gasteiger partial charge in [0.2, 0.25) is 5.91 Å². The van der Waals surface area contributed by atoms with E-state index in [1.165, 1.54) is 4.70 Å². The predicted molar refractivity (Wildman–Crippen MR) is 65.2 cm³/mol. The number of carbonyl (C=O) groups excluding carboxylic acids is 1. The smallest absolute Gasteiger partial charge is 0.241 e. The Labute approximate surface area is 97.3 Å². The zero-order valence-electron chi connectivity index (χ0n) is 8.73. The lowest BCUT2D eigenvalue weighted by Crippen LogP contribution is -2.18. The van der Waals surface area contributed by atoms with E-state index in [0.29, 0.717) is 0 Å². The summed E-state index contributed by atoms with van der Waals surface area (Å²) in [7, 11) is 0. The number of hydrogen-bond acceptors (Lipinski definition) is 3. The number of hydrogen-bond donors (Lipinski definition) is 1. The van der Waals surface area contributed by atoms with E-state index in [1.54, 1.807) is 18.3 Å². The van der Waals surface area contributed by atoms with Gasteiger partial charge in [-0.15, -0.1) is 11.3 Å². The molecular formula is C12H10N2OS. The number of anilines is 1. The average molecular weight is 230 g/mol. The average Bonchev–Trinajstić information content (AvgIpc) is 2.75. The molecule has 0 radical (unpaired) electrons. The number of nitrogens with one attached hydrogen (secondary N) is 1. The summed E-state index contributed by atoms with van der Waals surface area (Å²) in [6, 6.07) is 9.63. The van der Waals surface area contributed by atoms with Gasteiger partial charge in [-0.2, -0.15) is 5.26 Å². The van der Waals surface area contributed by atoms with Crippen molar-refractivity contribution < 1.29 is 4.79 Å². The largest absolute Gasteiger partial charge is 0.325 e. The fraction of sp³-hybridized carbons (Fsp3) is 0.167. The van der Waals surface area contributed by atoms with Gasteiger partial charge in [0.15, 0.2) is 0 Å². The van der Waals surface area contributed by atoms with Crippen LogP contribution in [0.25, 0.3) is 10.1 Å². The molecule has 16 heavy (non-hydrogen) atoms. The normalized spacial score (nSPS) is 12.0. The highest BCUT2D eigenvalue weighted by molar-refractivity contribution is 7.17. The van der Waals surface area contributed by atoms with Crippen LogP contribution in [0.2, 0.25) is 0 Å². The van der Waals surface area contributed by atoms with Crippen molar-refractivity contribution in [1.29, 1.82) is 5.26 Å². The van der Waals surface area contributed by atoms with Crippen molar-refractivity contribution in [1.82, 2.24) is 0 Å². The minimum absolute atomic E-state index is 0.267. The Morgan fingerprint density at radius 3 is 3.06 bits per heavy atom. The zero-order chi connectivity index (χ0) is 11.5. The molecule has 1 heterocycles. The van der Waals surface area contributed by atoms with Crippen molar-refractivity contribution in [3.63, 3.8) is 0 Å². The van der Waals surface area contributed by atoms with Crippen molar-refractivity contribution in [2.24, 2.45) is 5.92 Å². The standard InChI is InChI=1S/C12H10N2OS/c1-8(7-13)12(15)14-10-2-3-11-9(6-10)4-5-16-11/h2-6,8H,1H3,(H,14,15). The molecule has 4 heteroatoms. The molecule has 1 atom stereocenters. The van der Waals surface area contributed by atoms with Gasteiger partial charge in [-0.3, -0.25) is 4.79 Å². The van der Waals surface area contributed by atoms with Crippen LogP contribution in [-0.4, -0.2) is 5.91 Å². The number of nitrogens with zero attached hydrogens (tertiary/aromatic N) is 1. The molecule has 0 bridgehead atoms. The van der Waals surface area contributed by atoms with Gasteiger partial charge in [-0.05, 0) is 42.0 Å². The van der Waals surface area contributed by atoms with Gasteiger partial charge >= 0.3 is 0 Å². The maximum absolute atomic E-state index is 11.5. The summed E-state index contributed by atoms with van der Waals surface area (Å²) in [4.78, 5) is 11.5. The summed E-state index contributed by atoms with van der Waals surface area (Å²) >= 11 is 1.66. The SMILES string of the molecule is CC(C#N)C(=O)Nc1ccc2sccc2c1. The van der Waals surface area contributed by atoms with E-state index in [2.05, 4.69) is 5.32 Å². The number of nitriles is 1. The van der Waals surface area contributed by atoms with Crippen molar-refractivity contribution in [3.8, 4) is 6.07 Å². The highest BCUT2D eigenvalue weighted by Crippen LogP contribution is 2.24. The van der Waals surface area contributed by atoms with E-state index >= 15 is 0 Å². The number of thiophene rings is 1. The second kappa shape index (κ2) is 4.33. The summed E-state index contributed by atoms with van der Waals surface area (Å²) in [6.07, 6.45) is 0. The van der Waals surface area contributed by atoms with Crippen LogP contribution in [0.4, 0.5) is 5.69 Å². The molecule has 0 aliphatic carbocycles. The fourth-order valence-electron chi connectivity index (χ4n) is 1.35. The van der Waals surface area contributed by atoms with E-state index in [9.17, 15) is 4.79 Å². The fourth-order valence-corrected chi connectivity index (χ4v) is 2.12. The number of benzene rings is 1. The number of amides is 1. The van der Waals surface area contributed by atoms with Gasteiger partial charge in [-0.25, -0.2) is 0 Å². The molecule has 1 unspecified atom stereocenters. The monoisotopic (exact) mass is 230 g/mol. The van der Waals surface area contributed by atoms with Crippen LogP contribution in [-0.2, 0) is 4.79 Å². The van der Waals surface area contributed by atoms with E-state index in [0.717, 1.165) is 11.1 Å². The van der Waals surface area contributed by atoms with Crippen molar-refractivity contribution in [2.45, 2.75) is 6.92 Å². The second-order valence-electron chi connectivity index (χ2n) is 3.51. The zero-order valence-corrected chi connectivity index (χ0v) is 9.54. The first-order chi connectivity index (χ1) is 7.70. The lowest BCUT2D eigenvalue weighted by Gasteiger charge is -2.05. The van der Waals surface area contributed by atoms with E-state index < -0.39 is 5.92 Å². The van der Waals surface area contributed by atoms with Crippen molar-refractivity contribution >= 4 is 33.0 Å². The quantitative estimate of drug-likeness (QED) is 0.862. The molecule has 0 aliphatic rings. The van der Waals surface area contributed by atoms with Crippen LogP contribution in [0.5, 0.6) is 0 Å². The van der Waals surface area contributed by atoms with Gasteiger partial charge in [0.1, 0.15) is 5.92 Å². The Morgan fingerprint density at radius 2 is 2.31 bits per heavy atom. The summed E-state index contributed by atoms with van der Waals surface area (Å²) < 4.78 is 1.19. The van der Waals surface area contributed by atoms with Crippen LogP contribution in [0.15, 0.2) is 29.6 Å². The van der Waals surface area contributed by atoms with E-state index in [1.807, 2.05) is 35.7 Å². The van der Waals surface area contributed by atoms with Crippen LogP contribution in [0.1, 0.15) is 6.92 Å². The first-order valence-corrected chi connectivity index (χ1v) is 5.76. The maximum Gasteiger partial charge on any atom is 0.241 e. The highest BCUT2D eigenvalue weighted by atomic mass is 32.1. The predicted octanol–water partition coefficient (Wildman–Crippen LogP) is 3.00. The number of carbonyl (C=O) groups is 1. The molecule has 0 spiro atoms. The lowest BCUT2D eigenvalue weighted by atomic mass is 10.2. The Hall–Kier alpha value is -1.86. The van der Waals surface area contributed by atoms with Gasteiger partial charge in [0, 0.05) is 10.4 Å². The number of rotatable bonds is 2. The molecule has 0 aliphatic heterocycles. The highest BCUT2D eigenvalue weighted by Gasteiger charge is 2.11. The van der Waals surface area contributed by atoms with Crippen LogP contribution in [0, 0.1) is 17.2 Å². The van der Waals surface area contributed by atoms with Gasteiger partial charge < -0.3 is 5.32 Å². The van der Waals surface area contributed by atoms with Crippen molar-refractivity contribution in [2.75, 3.05) is 5.32 Å². The molecule has 2 rings (SSSR count). The van der Waals surface area contributed by atoms with Crippen LogP contribution in [0.3, 0.4) is 0 Å². The van der Waals surface area contributed by atoms with Crippen LogP contribution >= 0.6 is 11.3 Å². The summed E-state index contributed by atoms with van der Waals surface area (Å²) in [5.41, 5.74) is 0.734. The first-order valence-electron chi connectivity index (χ1n) is 4.88. The molecule has 1 aromatic carbocycles. The van der Waals surface area contributed by atoms with E-state index in [-0.39, 0.29) is 5.91 Å². The maximum atomic E-state index is 11.5. The van der Waals surface area contributed by atoms with Crippen LogP contribution < -0.4 is 5.32 Å². The third-order valence-electron chi connectivity index (χ3n) is 2.31.